The molecule has 2 saturated heterocycles. The van der Waals surface area contributed by atoms with E-state index in [1.807, 2.05) is 0 Å². The number of hydrogen-bond donors (Lipinski definition) is 1. The van der Waals surface area contributed by atoms with E-state index in [2.05, 4.69) is 24.1 Å². The van der Waals surface area contributed by atoms with E-state index < -0.39 is 0 Å². The third-order valence-electron chi connectivity index (χ3n) is 3.89. The minimum atomic E-state index is -0.191. The summed E-state index contributed by atoms with van der Waals surface area (Å²) in [5, 5.41) is 3.00. The first-order chi connectivity index (χ1) is 8.65. The predicted molar refractivity (Wildman–Crippen MR) is 71.4 cm³/mol. The number of nitrogens with one attached hydrogen (secondary N) is 1. The van der Waals surface area contributed by atoms with E-state index in [1.54, 1.807) is 0 Å². The summed E-state index contributed by atoms with van der Waals surface area (Å²) < 4.78 is 5.37. The van der Waals surface area contributed by atoms with Gasteiger partial charge >= 0.3 is 0 Å². The van der Waals surface area contributed by atoms with Crippen LogP contribution in [0, 0.1) is 11.8 Å². The second-order valence-electron chi connectivity index (χ2n) is 6.00. The Morgan fingerprint density at radius 3 is 2.67 bits per heavy atom. The van der Waals surface area contributed by atoms with E-state index >= 15 is 0 Å². The van der Waals surface area contributed by atoms with Crippen molar-refractivity contribution in [1.82, 2.24) is 10.2 Å². The molecule has 0 unspecified atom stereocenters. The second-order valence-corrected chi connectivity index (χ2v) is 6.00. The summed E-state index contributed by atoms with van der Waals surface area (Å²) in [7, 11) is 0. The lowest BCUT2D eigenvalue weighted by molar-refractivity contribution is -0.130. The molecule has 104 valence electrons. The van der Waals surface area contributed by atoms with Crippen LogP contribution in [0.4, 0.5) is 0 Å². The Kier molecular flexibility index (Phi) is 5.01. The van der Waals surface area contributed by atoms with Crippen LogP contribution in [0.2, 0.25) is 0 Å². The average Bonchev–Trinajstić information content (AvgIpc) is 2.80. The molecule has 1 amide bonds. The van der Waals surface area contributed by atoms with Gasteiger partial charge in [-0.1, -0.05) is 13.8 Å². The van der Waals surface area contributed by atoms with Gasteiger partial charge in [0.25, 0.3) is 0 Å². The summed E-state index contributed by atoms with van der Waals surface area (Å²) >= 11 is 0. The first kappa shape index (κ1) is 13.8. The minimum Gasteiger partial charge on any atom is -0.368 e. The van der Waals surface area contributed by atoms with Crippen molar-refractivity contribution in [3.8, 4) is 0 Å². The van der Waals surface area contributed by atoms with Crippen molar-refractivity contribution < 1.29 is 9.53 Å². The normalized spacial score (nSPS) is 33.6. The number of piperidine rings is 1. The number of nitrogens with zero attached hydrogens (tertiary/aromatic N) is 1. The van der Waals surface area contributed by atoms with Crippen molar-refractivity contribution in [1.29, 1.82) is 0 Å². The van der Waals surface area contributed by atoms with E-state index in [-0.39, 0.29) is 12.0 Å². The van der Waals surface area contributed by atoms with Gasteiger partial charge in [-0.15, -0.1) is 0 Å². The van der Waals surface area contributed by atoms with Crippen LogP contribution >= 0.6 is 0 Å². The molecule has 4 nitrogen and oxygen atoms in total. The van der Waals surface area contributed by atoms with Crippen LogP contribution in [0.15, 0.2) is 0 Å². The van der Waals surface area contributed by atoms with Crippen molar-refractivity contribution in [3.63, 3.8) is 0 Å². The monoisotopic (exact) mass is 254 g/mol. The molecule has 18 heavy (non-hydrogen) atoms. The molecule has 2 fully saturated rings. The molecule has 0 aliphatic carbocycles. The van der Waals surface area contributed by atoms with Crippen LogP contribution in [0.1, 0.15) is 33.1 Å². The molecule has 2 aliphatic rings. The van der Waals surface area contributed by atoms with E-state index in [1.165, 1.54) is 19.5 Å². The van der Waals surface area contributed by atoms with Crippen molar-refractivity contribution >= 4 is 5.91 Å². The summed E-state index contributed by atoms with van der Waals surface area (Å²) in [6, 6.07) is 0. The van der Waals surface area contributed by atoms with Gasteiger partial charge in [-0.3, -0.25) is 4.79 Å². The van der Waals surface area contributed by atoms with Crippen molar-refractivity contribution in [2.75, 3.05) is 32.8 Å². The first-order valence-electron chi connectivity index (χ1n) is 7.27. The highest BCUT2D eigenvalue weighted by Gasteiger charge is 2.24. The lowest BCUT2D eigenvalue weighted by Crippen LogP contribution is -2.44. The summed E-state index contributed by atoms with van der Waals surface area (Å²) in [5.41, 5.74) is 0. The smallest absolute Gasteiger partial charge is 0.249 e. The quantitative estimate of drug-likeness (QED) is 0.821. The fraction of sp³-hybridized carbons (Fsp3) is 0.929. The molecule has 3 atom stereocenters. The maximum Gasteiger partial charge on any atom is 0.249 e. The third kappa shape index (κ3) is 3.95. The summed E-state index contributed by atoms with van der Waals surface area (Å²) in [6.07, 6.45) is 3.03. The molecular formula is C14H26N2O2. The van der Waals surface area contributed by atoms with Gasteiger partial charge in [-0.05, 0) is 31.1 Å². The summed E-state index contributed by atoms with van der Waals surface area (Å²) in [5.74, 6) is 1.64. The van der Waals surface area contributed by atoms with E-state index in [0.29, 0.717) is 0 Å². The molecule has 4 heteroatoms. The number of likely N-dealkylation sites (tertiary alicyclic amines) is 1. The highest BCUT2D eigenvalue weighted by Crippen LogP contribution is 2.20. The Hall–Kier alpha value is -0.610. The van der Waals surface area contributed by atoms with Gasteiger partial charge in [-0.2, -0.15) is 0 Å². The Balaban J connectivity index is 1.63. The predicted octanol–water partition coefficient (Wildman–Crippen LogP) is 1.26. The molecule has 0 aromatic heterocycles. The van der Waals surface area contributed by atoms with Gasteiger partial charge < -0.3 is 15.0 Å². The van der Waals surface area contributed by atoms with Gasteiger partial charge in [0.1, 0.15) is 6.10 Å². The standard InChI is InChI=1S/C14H26N2O2/c1-11-8-12(2)10-16(9-11)6-5-15-14(17)13-4-3-7-18-13/h11-13H,3-10H2,1-2H3,(H,15,17)/t11-,12-,13-/m1/s1. The molecule has 0 aromatic carbocycles. The largest absolute Gasteiger partial charge is 0.368 e. The van der Waals surface area contributed by atoms with Crippen LogP contribution in [-0.2, 0) is 9.53 Å². The average molecular weight is 254 g/mol. The maximum atomic E-state index is 11.8. The number of amides is 1. The molecule has 2 rings (SSSR count). The molecular weight excluding hydrogens is 228 g/mol. The van der Waals surface area contributed by atoms with Crippen molar-refractivity contribution in [2.24, 2.45) is 11.8 Å². The highest BCUT2D eigenvalue weighted by atomic mass is 16.5. The van der Waals surface area contributed by atoms with Crippen molar-refractivity contribution in [2.45, 2.75) is 39.2 Å². The van der Waals surface area contributed by atoms with Crippen LogP contribution in [0.25, 0.3) is 0 Å². The summed E-state index contributed by atoms with van der Waals surface area (Å²) in [4.78, 5) is 14.2. The lowest BCUT2D eigenvalue weighted by atomic mass is 9.92. The topological polar surface area (TPSA) is 41.6 Å². The molecule has 0 radical (unpaired) electrons. The van der Waals surface area contributed by atoms with Crippen molar-refractivity contribution in [3.05, 3.63) is 0 Å². The fourth-order valence-corrected chi connectivity index (χ4v) is 3.21. The molecule has 0 bridgehead atoms. The minimum absolute atomic E-state index is 0.0746. The molecule has 1 N–H and O–H groups in total. The van der Waals surface area contributed by atoms with Crippen LogP contribution < -0.4 is 5.32 Å². The highest BCUT2D eigenvalue weighted by molar-refractivity contribution is 5.80. The number of ether oxygens (including phenoxy) is 1. The van der Waals surface area contributed by atoms with E-state index in [4.69, 9.17) is 4.74 Å². The maximum absolute atomic E-state index is 11.8. The SMILES string of the molecule is C[C@@H]1C[C@@H](C)CN(CCNC(=O)[C@H]2CCCO2)C1. The van der Waals surface area contributed by atoms with Gasteiger partial charge in [0, 0.05) is 32.8 Å². The van der Waals surface area contributed by atoms with Crippen LogP contribution in [-0.4, -0.2) is 49.7 Å². The number of hydrogen-bond acceptors (Lipinski definition) is 3. The lowest BCUT2D eigenvalue weighted by Gasteiger charge is -2.34. The first-order valence-corrected chi connectivity index (χ1v) is 7.27. The Morgan fingerprint density at radius 2 is 2.06 bits per heavy atom. The molecule has 0 aromatic rings. The van der Waals surface area contributed by atoms with Crippen LogP contribution in [0.5, 0.6) is 0 Å². The molecule has 2 aliphatic heterocycles. The number of rotatable bonds is 4. The molecule has 0 spiro atoms. The van der Waals surface area contributed by atoms with E-state index in [9.17, 15) is 4.79 Å². The zero-order chi connectivity index (χ0) is 13.0. The van der Waals surface area contributed by atoms with E-state index in [0.717, 1.165) is 44.4 Å². The second kappa shape index (κ2) is 6.53. The third-order valence-corrected chi connectivity index (χ3v) is 3.89. The Morgan fingerprint density at radius 1 is 1.33 bits per heavy atom. The zero-order valence-corrected chi connectivity index (χ0v) is 11.7. The van der Waals surface area contributed by atoms with Crippen LogP contribution in [0.3, 0.4) is 0 Å². The Labute approximate surface area is 110 Å². The van der Waals surface area contributed by atoms with Gasteiger partial charge in [0.05, 0.1) is 0 Å². The Bertz CT molecular complexity index is 267. The number of carbonyl (C=O) groups excluding carboxylic acids is 1. The summed E-state index contributed by atoms with van der Waals surface area (Å²) in [6.45, 7) is 9.41. The molecule has 0 saturated carbocycles. The van der Waals surface area contributed by atoms with Gasteiger partial charge in [0.2, 0.25) is 5.91 Å². The van der Waals surface area contributed by atoms with Gasteiger partial charge in [0.15, 0.2) is 0 Å². The zero-order valence-electron chi connectivity index (χ0n) is 11.7. The fourth-order valence-electron chi connectivity index (χ4n) is 3.21. The van der Waals surface area contributed by atoms with Gasteiger partial charge in [-0.25, -0.2) is 0 Å². The molecule has 2 heterocycles. The number of carbonyl (C=O) groups is 1.